The first-order chi connectivity index (χ1) is 7.33. The molecule has 0 heteroatoms. The molecular weight excluding hydrogens is 180 g/mol. The van der Waals surface area contributed by atoms with Crippen LogP contribution in [0.25, 0.3) is 0 Å². The van der Waals surface area contributed by atoms with Crippen LogP contribution in [0.5, 0.6) is 0 Å². The Balaban J connectivity index is 2.24. The van der Waals surface area contributed by atoms with Crippen molar-refractivity contribution >= 4 is 0 Å². The lowest BCUT2D eigenvalue weighted by Crippen LogP contribution is -2.03. The quantitative estimate of drug-likeness (QED) is 0.605. The van der Waals surface area contributed by atoms with Crippen LogP contribution in [0.4, 0.5) is 0 Å². The summed E-state index contributed by atoms with van der Waals surface area (Å²) in [4.78, 5) is 0. The van der Waals surface area contributed by atoms with E-state index in [0.29, 0.717) is 0 Å². The first kappa shape index (κ1) is 10.5. The molecule has 0 aromatic rings. The van der Waals surface area contributed by atoms with Crippen molar-refractivity contribution in [1.29, 1.82) is 0 Å². The van der Waals surface area contributed by atoms with Crippen LogP contribution in [-0.4, -0.2) is 0 Å². The first-order valence-corrected chi connectivity index (χ1v) is 6.08. The maximum atomic E-state index is 2.45. The van der Waals surface area contributed by atoms with Crippen molar-refractivity contribution in [1.82, 2.24) is 0 Å². The van der Waals surface area contributed by atoms with Crippen molar-refractivity contribution in [2.24, 2.45) is 0 Å². The van der Waals surface area contributed by atoms with Gasteiger partial charge in [0.2, 0.25) is 0 Å². The van der Waals surface area contributed by atoms with E-state index in [2.05, 4.69) is 38.2 Å². The second kappa shape index (κ2) is 4.65. The van der Waals surface area contributed by atoms with Crippen LogP contribution in [0.1, 0.15) is 46.0 Å². The fourth-order valence-corrected chi connectivity index (χ4v) is 2.46. The molecule has 2 rings (SSSR count). The fraction of sp³-hybridized carbons (Fsp3) is 0.467. The molecule has 0 heterocycles. The summed E-state index contributed by atoms with van der Waals surface area (Å²) in [6.45, 7) is 4.36. The zero-order valence-electron chi connectivity index (χ0n) is 9.84. The first-order valence-electron chi connectivity index (χ1n) is 6.08. The van der Waals surface area contributed by atoms with Gasteiger partial charge in [-0.15, -0.1) is 0 Å². The van der Waals surface area contributed by atoms with Crippen molar-refractivity contribution in [3.05, 3.63) is 46.6 Å². The van der Waals surface area contributed by atoms with E-state index in [0.717, 1.165) is 0 Å². The van der Waals surface area contributed by atoms with E-state index in [1.807, 2.05) is 0 Å². The van der Waals surface area contributed by atoms with Gasteiger partial charge in [-0.05, 0) is 55.7 Å². The van der Waals surface area contributed by atoms with E-state index in [1.165, 1.54) is 37.7 Å². The van der Waals surface area contributed by atoms with E-state index in [-0.39, 0.29) is 0 Å². The van der Waals surface area contributed by atoms with Gasteiger partial charge < -0.3 is 0 Å². The van der Waals surface area contributed by atoms with Crippen molar-refractivity contribution in [2.45, 2.75) is 46.0 Å². The molecule has 0 aromatic heterocycles. The lowest BCUT2D eigenvalue weighted by molar-refractivity contribution is 0.811. The number of hydrogen-bond donors (Lipinski definition) is 0. The molecule has 0 saturated carbocycles. The minimum Gasteiger partial charge on any atom is -0.0874 e. The molecule has 0 aromatic carbocycles. The highest BCUT2D eigenvalue weighted by atomic mass is 14.2. The van der Waals surface area contributed by atoms with Crippen LogP contribution in [0.15, 0.2) is 46.6 Å². The lowest BCUT2D eigenvalue weighted by Gasteiger charge is -2.22. The highest BCUT2D eigenvalue weighted by molar-refractivity contribution is 5.45. The third-order valence-electron chi connectivity index (χ3n) is 3.38. The molecule has 0 bridgehead atoms. The SMILES string of the molecule is CC=CC1=CC2=C(C=C(CC)CC2)CC1. The molecule has 0 amide bonds. The van der Waals surface area contributed by atoms with Crippen LogP contribution in [-0.2, 0) is 0 Å². The summed E-state index contributed by atoms with van der Waals surface area (Å²) in [5.74, 6) is 0. The third-order valence-corrected chi connectivity index (χ3v) is 3.38. The zero-order valence-corrected chi connectivity index (χ0v) is 9.84. The van der Waals surface area contributed by atoms with Crippen molar-refractivity contribution < 1.29 is 0 Å². The van der Waals surface area contributed by atoms with Gasteiger partial charge in [0.15, 0.2) is 0 Å². The van der Waals surface area contributed by atoms with E-state index in [1.54, 1.807) is 16.7 Å². The fourth-order valence-electron chi connectivity index (χ4n) is 2.46. The molecular formula is C15H20. The largest absolute Gasteiger partial charge is 0.0874 e. The minimum atomic E-state index is 1.22. The van der Waals surface area contributed by atoms with E-state index >= 15 is 0 Å². The molecule has 2 aliphatic carbocycles. The minimum absolute atomic E-state index is 1.22. The predicted octanol–water partition coefficient (Wildman–Crippen LogP) is 4.71. The molecule has 0 saturated heterocycles. The Labute approximate surface area is 93.1 Å². The van der Waals surface area contributed by atoms with Gasteiger partial charge in [0.25, 0.3) is 0 Å². The predicted molar refractivity (Wildman–Crippen MR) is 66.8 cm³/mol. The zero-order chi connectivity index (χ0) is 10.7. The molecule has 80 valence electrons. The summed E-state index contributed by atoms with van der Waals surface area (Å²) in [6.07, 6.45) is 15.5. The van der Waals surface area contributed by atoms with Crippen LogP contribution in [0, 0.1) is 0 Å². The van der Waals surface area contributed by atoms with Gasteiger partial charge in [-0.2, -0.15) is 0 Å². The van der Waals surface area contributed by atoms with Gasteiger partial charge in [0, 0.05) is 0 Å². The summed E-state index contributed by atoms with van der Waals surface area (Å²) < 4.78 is 0. The molecule has 0 spiro atoms. The topological polar surface area (TPSA) is 0 Å². The molecule has 0 fully saturated rings. The number of hydrogen-bond acceptors (Lipinski definition) is 0. The van der Waals surface area contributed by atoms with Crippen LogP contribution >= 0.6 is 0 Å². The molecule has 0 N–H and O–H groups in total. The second-order valence-corrected chi connectivity index (χ2v) is 4.43. The Kier molecular flexibility index (Phi) is 3.25. The third kappa shape index (κ3) is 2.31. The van der Waals surface area contributed by atoms with Gasteiger partial charge in [-0.1, -0.05) is 36.8 Å². The van der Waals surface area contributed by atoms with Crippen molar-refractivity contribution in [3.8, 4) is 0 Å². The molecule has 0 radical (unpaired) electrons. The molecule has 0 aliphatic heterocycles. The van der Waals surface area contributed by atoms with Gasteiger partial charge in [-0.25, -0.2) is 0 Å². The smallest absolute Gasteiger partial charge is 0.0236 e. The molecule has 0 atom stereocenters. The normalized spacial score (nSPS) is 21.5. The Morgan fingerprint density at radius 1 is 1.07 bits per heavy atom. The standard InChI is InChI=1S/C15H20/c1-3-5-13-7-9-14-10-12(4-2)6-8-15(14)11-13/h3,5,10-11H,4,6-9H2,1-2H3. The van der Waals surface area contributed by atoms with Gasteiger partial charge in [0.05, 0.1) is 0 Å². The highest BCUT2D eigenvalue weighted by Gasteiger charge is 2.15. The maximum absolute atomic E-state index is 2.45. The second-order valence-electron chi connectivity index (χ2n) is 4.43. The van der Waals surface area contributed by atoms with Crippen molar-refractivity contribution in [2.75, 3.05) is 0 Å². The average Bonchev–Trinajstić information content (AvgIpc) is 2.29. The summed E-state index contributed by atoms with van der Waals surface area (Å²) in [7, 11) is 0. The van der Waals surface area contributed by atoms with Gasteiger partial charge in [0.1, 0.15) is 0 Å². The average molecular weight is 200 g/mol. The number of rotatable bonds is 2. The Hall–Kier alpha value is -1.04. The molecule has 0 nitrogen and oxygen atoms in total. The van der Waals surface area contributed by atoms with Crippen molar-refractivity contribution in [3.63, 3.8) is 0 Å². The summed E-state index contributed by atoms with van der Waals surface area (Å²) >= 11 is 0. The number of allylic oxidation sites excluding steroid dienone is 8. The van der Waals surface area contributed by atoms with E-state index in [4.69, 9.17) is 0 Å². The monoisotopic (exact) mass is 200 g/mol. The molecule has 0 unspecified atom stereocenters. The lowest BCUT2D eigenvalue weighted by atomic mass is 9.83. The van der Waals surface area contributed by atoms with Crippen LogP contribution in [0.3, 0.4) is 0 Å². The Bertz CT molecular complexity index is 361. The van der Waals surface area contributed by atoms with Gasteiger partial charge in [-0.3, -0.25) is 0 Å². The van der Waals surface area contributed by atoms with Crippen LogP contribution < -0.4 is 0 Å². The summed E-state index contributed by atoms with van der Waals surface area (Å²) in [5, 5.41) is 0. The van der Waals surface area contributed by atoms with E-state index < -0.39 is 0 Å². The molecule has 2 aliphatic rings. The summed E-state index contributed by atoms with van der Waals surface area (Å²) in [6, 6.07) is 0. The van der Waals surface area contributed by atoms with Gasteiger partial charge >= 0.3 is 0 Å². The van der Waals surface area contributed by atoms with Crippen LogP contribution in [0.2, 0.25) is 0 Å². The molecule has 15 heavy (non-hydrogen) atoms. The highest BCUT2D eigenvalue weighted by Crippen LogP contribution is 2.34. The van der Waals surface area contributed by atoms with E-state index in [9.17, 15) is 0 Å². The summed E-state index contributed by atoms with van der Waals surface area (Å²) in [5.41, 5.74) is 6.33. The Morgan fingerprint density at radius 2 is 1.80 bits per heavy atom. The Morgan fingerprint density at radius 3 is 2.53 bits per heavy atom. The maximum Gasteiger partial charge on any atom is -0.0236 e.